The number of aliphatic hydroxyl groups is 6. The van der Waals surface area contributed by atoms with Crippen molar-refractivity contribution in [3.63, 3.8) is 0 Å². The summed E-state index contributed by atoms with van der Waals surface area (Å²) in [5.74, 6) is -0.746. The van der Waals surface area contributed by atoms with Crippen LogP contribution in [0.2, 0.25) is 0 Å². The topological polar surface area (TPSA) is 257 Å². The lowest BCUT2D eigenvalue weighted by Crippen LogP contribution is -2.69. The molecule has 7 N–H and O–H groups in total. The first kappa shape index (κ1) is 44.3. The van der Waals surface area contributed by atoms with Gasteiger partial charge in [0.05, 0.1) is 30.5 Å². The molecule has 4 aliphatic carbocycles. The lowest BCUT2D eigenvalue weighted by atomic mass is 9.40. The second kappa shape index (κ2) is 14.1. The maximum absolute atomic E-state index is 14.5. The Balaban J connectivity index is 1.07. The number of cyclic esters (lactones) is 1. The van der Waals surface area contributed by atoms with E-state index in [1.807, 2.05) is 26.8 Å². The molecule has 4 saturated heterocycles. The van der Waals surface area contributed by atoms with Crippen molar-refractivity contribution in [3.05, 3.63) is 11.6 Å². The van der Waals surface area contributed by atoms with Crippen LogP contribution in [0.25, 0.3) is 0 Å². The number of esters is 1. The molecule has 0 aromatic rings. The monoisotopic (exact) mass is 860 g/mol. The van der Waals surface area contributed by atoms with Gasteiger partial charge < -0.3 is 59.1 Å². The van der Waals surface area contributed by atoms with Crippen molar-refractivity contribution in [1.82, 2.24) is 0 Å². The zero-order chi connectivity index (χ0) is 43.3. The van der Waals surface area contributed by atoms with Crippen molar-refractivity contribution in [3.8, 4) is 0 Å². The van der Waals surface area contributed by atoms with Crippen molar-refractivity contribution in [1.29, 1.82) is 0 Å². The van der Waals surface area contributed by atoms with Crippen molar-refractivity contribution in [2.24, 2.45) is 33.5 Å². The standard InChI is InChI=1S/C41H64O17S/c1-19-27(43)29(45)30(46)32(53-19)55-31-28(44)22(58-59(49,50)51)18-52-33(31)54-25-12-14-37(6)21-17-24(42)41-34(47)57-39(8,26-11-13-35(2,3)56-26)40(41,48)16-15-38(41,7)20(21)9-10-23(37)36(25,4)5/h17,19-20,22-33,42-46,48H,9-16,18H2,1-8H3,(H,49,50,51)/t19-,20-,22-,23+,24+,25+,26+,27-,28+,29+,30-,31-,32+,33+,37-,38+,39+,40+,41-/m1/s1. The van der Waals surface area contributed by atoms with Crippen LogP contribution >= 0.6 is 0 Å². The number of allylic oxidation sites excluding steroid dienone is 1. The summed E-state index contributed by atoms with van der Waals surface area (Å²) in [6, 6.07) is 0. The number of hydrogen-bond donors (Lipinski definition) is 7. The normalized spacial score (nSPS) is 54.1. The van der Waals surface area contributed by atoms with Crippen molar-refractivity contribution in [2.75, 3.05) is 6.61 Å². The van der Waals surface area contributed by atoms with Gasteiger partial charge in [0, 0.05) is 0 Å². The van der Waals surface area contributed by atoms with E-state index in [2.05, 4.69) is 25.0 Å². The minimum Gasteiger partial charge on any atom is -0.453 e. The van der Waals surface area contributed by atoms with E-state index >= 15 is 0 Å². The molecule has 0 aromatic heterocycles. The summed E-state index contributed by atoms with van der Waals surface area (Å²) in [4.78, 5) is 14.5. The lowest BCUT2D eigenvalue weighted by Gasteiger charge is -2.64. The number of aliphatic hydroxyl groups excluding tert-OH is 5. The Kier molecular flexibility index (Phi) is 10.6. The van der Waals surface area contributed by atoms with E-state index in [9.17, 15) is 48.4 Å². The Morgan fingerprint density at radius 1 is 0.814 bits per heavy atom. The summed E-state index contributed by atoms with van der Waals surface area (Å²) < 4.78 is 74.3. The average molecular weight is 861 g/mol. The van der Waals surface area contributed by atoms with Gasteiger partial charge in [-0.1, -0.05) is 39.3 Å². The van der Waals surface area contributed by atoms with E-state index in [-0.39, 0.29) is 18.3 Å². The zero-order valence-corrected chi connectivity index (χ0v) is 36.0. The van der Waals surface area contributed by atoms with Crippen LogP contribution in [-0.2, 0) is 47.8 Å². The molecule has 0 unspecified atom stereocenters. The maximum Gasteiger partial charge on any atom is 0.397 e. The highest BCUT2D eigenvalue weighted by Crippen LogP contribution is 2.77. The summed E-state index contributed by atoms with van der Waals surface area (Å²) in [7, 11) is -5.04. The predicted molar refractivity (Wildman–Crippen MR) is 203 cm³/mol. The first-order valence-electron chi connectivity index (χ1n) is 21.2. The van der Waals surface area contributed by atoms with E-state index in [0.717, 1.165) is 18.4 Å². The molecule has 19 atom stereocenters. The van der Waals surface area contributed by atoms with E-state index in [0.29, 0.717) is 32.1 Å². The highest BCUT2D eigenvalue weighted by molar-refractivity contribution is 7.80. The lowest BCUT2D eigenvalue weighted by molar-refractivity contribution is -0.362. The predicted octanol–water partition coefficient (Wildman–Crippen LogP) is 1.43. The van der Waals surface area contributed by atoms with Crippen LogP contribution < -0.4 is 0 Å². The summed E-state index contributed by atoms with van der Waals surface area (Å²) in [5.41, 5.74) is -5.89. The van der Waals surface area contributed by atoms with Gasteiger partial charge in [0.1, 0.15) is 53.7 Å². The smallest absolute Gasteiger partial charge is 0.397 e. The quantitative estimate of drug-likeness (QED) is 0.0827. The van der Waals surface area contributed by atoms with Crippen LogP contribution in [-0.4, -0.2) is 147 Å². The molecule has 0 amide bonds. The molecule has 0 aromatic carbocycles. The second-order valence-corrected chi connectivity index (χ2v) is 21.7. The molecular weight excluding hydrogens is 797 g/mol. The third-order valence-corrected chi connectivity index (χ3v) is 17.4. The molecule has 8 rings (SSSR count). The SMILES string of the molecule is C[C@H]1O[C@@H](O[C@H]2[C@H](O[C@H]3CC[C@]4(C)C5=C[C@H](O)[C@]67C(=O)O[C@@](C)([C@@H]8CCC(C)(C)O8)[C@@]6(O)CC[C@@]7(C)[C@@H]5CC[C@H]4C3(C)C)OC[C@@H](OS(=O)(=O)O)[C@@H]2O)[C@H](O)[C@@H](O)[C@@H]1O. The van der Waals surface area contributed by atoms with Crippen LogP contribution in [0.4, 0.5) is 0 Å². The third kappa shape index (κ3) is 6.16. The van der Waals surface area contributed by atoms with Crippen molar-refractivity contribution in [2.45, 2.75) is 197 Å². The molecule has 8 aliphatic rings. The second-order valence-electron chi connectivity index (χ2n) is 20.7. The number of fused-ring (bicyclic) bond motifs is 4. The van der Waals surface area contributed by atoms with Gasteiger partial charge >= 0.3 is 16.4 Å². The fraction of sp³-hybridized carbons (Fsp3) is 0.927. The number of carbonyl (C=O) groups is 1. The Hall–Kier alpha value is -1.36. The molecule has 0 radical (unpaired) electrons. The van der Waals surface area contributed by atoms with Gasteiger partial charge in [0.2, 0.25) is 0 Å². The number of ether oxygens (including phenoxy) is 6. The molecule has 17 nitrogen and oxygen atoms in total. The fourth-order valence-electron chi connectivity index (χ4n) is 13.7. The van der Waals surface area contributed by atoms with Crippen molar-refractivity contribution >= 4 is 16.4 Å². The molecular formula is C41H64O17S. The molecule has 0 bridgehead atoms. The third-order valence-electron chi connectivity index (χ3n) is 16.9. The Morgan fingerprint density at radius 2 is 1.51 bits per heavy atom. The molecule has 4 heterocycles. The van der Waals surface area contributed by atoms with Gasteiger partial charge in [0.25, 0.3) is 0 Å². The van der Waals surface area contributed by atoms with Crippen LogP contribution in [0, 0.1) is 33.5 Å². The number of carbonyl (C=O) groups excluding carboxylic acids is 1. The number of hydrogen-bond acceptors (Lipinski definition) is 16. The largest absolute Gasteiger partial charge is 0.453 e. The minimum atomic E-state index is -5.04. The van der Waals surface area contributed by atoms with Crippen molar-refractivity contribution < 1.29 is 81.0 Å². The highest BCUT2D eigenvalue weighted by Gasteiger charge is 2.87. The van der Waals surface area contributed by atoms with Crippen LogP contribution in [0.1, 0.15) is 107 Å². The fourth-order valence-corrected chi connectivity index (χ4v) is 14.2. The first-order chi connectivity index (χ1) is 27.2. The average Bonchev–Trinajstić information content (AvgIpc) is 3.70. The molecule has 7 fully saturated rings. The Labute approximate surface area is 345 Å². The van der Waals surface area contributed by atoms with Gasteiger partial charge in [-0.2, -0.15) is 8.42 Å². The number of rotatable bonds is 7. The summed E-state index contributed by atoms with van der Waals surface area (Å²) in [6.45, 7) is 15.1. The first-order valence-corrected chi connectivity index (χ1v) is 22.5. The van der Waals surface area contributed by atoms with Crippen LogP contribution in [0.15, 0.2) is 11.6 Å². The van der Waals surface area contributed by atoms with Gasteiger partial charge in [-0.05, 0) is 107 Å². The van der Waals surface area contributed by atoms with Gasteiger partial charge in [-0.15, -0.1) is 0 Å². The molecule has 336 valence electrons. The van der Waals surface area contributed by atoms with Gasteiger partial charge in [-0.3, -0.25) is 9.35 Å². The Bertz CT molecular complexity index is 1820. The van der Waals surface area contributed by atoms with Gasteiger partial charge in [-0.25, -0.2) is 4.18 Å². The highest BCUT2D eigenvalue weighted by atomic mass is 32.3. The zero-order valence-electron chi connectivity index (χ0n) is 35.1. The van der Waals surface area contributed by atoms with Crippen LogP contribution in [0.5, 0.6) is 0 Å². The molecule has 59 heavy (non-hydrogen) atoms. The molecule has 18 heteroatoms. The van der Waals surface area contributed by atoms with E-state index in [4.69, 9.17) is 28.4 Å². The minimum absolute atomic E-state index is 0.0271. The maximum atomic E-state index is 14.5. The van der Waals surface area contributed by atoms with E-state index in [1.54, 1.807) is 6.92 Å². The Morgan fingerprint density at radius 3 is 2.15 bits per heavy atom. The van der Waals surface area contributed by atoms with Crippen LogP contribution in [0.3, 0.4) is 0 Å². The summed E-state index contributed by atoms with van der Waals surface area (Å²) >= 11 is 0. The van der Waals surface area contributed by atoms with E-state index in [1.165, 1.54) is 6.92 Å². The summed E-state index contributed by atoms with van der Waals surface area (Å²) in [5, 5.41) is 68.2. The molecule has 3 saturated carbocycles. The summed E-state index contributed by atoms with van der Waals surface area (Å²) in [6.07, 6.45) is -9.75. The molecule has 4 aliphatic heterocycles. The van der Waals surface area contributed by atoms with E-state index < -0.39 is 135 Å². The van der Waals surface area contributed by atoms with Gasteiger partial charge in [0.15, 0.2) is 18.2 Å². The molecule has 1 spiro atoms.